The number of nitrogens with zero attached hydrogens (tertiary/aromatic N) is 1. The van der Waals surface area contributed by atoms with E-state index < -0.39 is 0 Å². The van der Waals surface area contributed by atoms with E-state index in [1.165, 1.54) is 11.3 Å². The van der Waals surface area contributed by atoms with Gasteiger partial charge in [-0.05, 0) is 23.1 Å². The van der Waals surface area contributed by atoms with E-state index in [1.54, 1.807) is 24.1 Å². The number of pyridine rings is 1. The molecule has 21 heavy (non-hydrogen) atoms. The second kappa shape index (κ2) is 5.54. The van der Waals surface area contributed by atoms with Gasteiger partial charge in [0.25, 0.3) is 5.91 Å². The molecule has 0 aliphatic rings. The molecule has 4 nitrogen and oxygen atoms in total. The fourth-order valence-corrected chi connectivity index (χ4v) is 3.04. The molecule has 0 atom stereocenters. The number of aromatic amines is 1. The van der Waals surface area contributed by atoms with Crippen molar-refractivity contribution >= 4 is 28.1 Å². The summed E-state index contributed by atoms with van der Waals surface area (Å²) >= 11 is 1.42. The molecule has 0 aliphatic carbocycles. The van der Waals surface area contributed by atoms with Crippen LogP contribution in [-0.4, -0.2) is 22.8 Å². The lowest BCUT2D eigenvalue weighted by Gasteiger charge is -2.17. The molecule has 1 N–H and O–H groups in total. The molecular weight excluding hydrogens is 284 g/mol. The second-order valence-corrected chi connectivity index (χ2v) is 5.79. The van der Waals surface area contributed by atoms with Gasteiger partial charge in [-0.25, -0.2) is 0 Å². The van der Waals surface area contributed by atoms with E-state index in [0.717, 1.165) is 16.5 Å². The Balaban J connectivity index is 1.94. The predicted octanol–water partition coefficient (Wildman–Crippen LogP) is 2.86. The van der Waals surface area contributed by atoms with E-state index in [0.29, 0.717) is 11.4 Å². The zero-order chi connectivity index (χ0) is 14.8. The molecule has 2 aromatic heterocycles. The Morgan fingerprint density at radius 1 is 1.24 bits per heavy atom. The Labute approximate surface area is 125 Å². The Morgan fingerprint density at radius 2 is 2.05 bits per heavy atom. The Morgan fingerprint density at radius 3 is 2.81 bits per heavy atom. The number of carbonyl (C=O) groups excluding carboxylic acids is 1. The van der Waals surface area contributed by atoms with Crippen LogP contribution in [-0.2, 0) is 6.54 Å². The summed E-state index contributed by atoms with van der Waals surface area (Å²) in [4.78, 5) is 29.1. The van der Waals surface area contributed by atoms with E-state index in [-0.39, 0.29) is 11.5 Å². The molecule has 1 amide bonds. The number of para-hydroxylation sites is 1. The third-order valence-electron chi connectivity index (χ3n) is 3.32. The average molecular weight is 298 g/mol. The van der Waals surface area contributed by atoms with Crippen molar-refractivity contribution in [1.82, 2.24) is 9.88 Å². The van der Waals surface area contributed by atoms with E-state index in [9.17, 15) is 9.59 Å². The van der Waals surface area contributed by atoms with Crippen LogP contribution in [0.15, 0.2) is 52.6 Å². The van der Waals surface area contributed by atoms with E-state index in [1.807, 2.05) is 35.7 Å². The van der Waals surface area contributed by atoms with Gasteiger partial charge in [-0.15, -0.1) is 11.3 Å². The molecule has 0 saturated carbocycles. The van der Waals surface area contributed by atoms with Gasteiger partial charge in [-0.3, -0.25) is 9.59 Å². The van der Waals surface area contributed by atoms with E-state index in [4.69, 9.17) is 0 Å². The molecule has 106 valence electrons. The molecule has 0 saturated heterocycles. The topological polar surface area (TPSA) is 53.2 Å². The summed E-state index contributed by atoms with van der Waals surface area (Å²) in [7, 11) is 1.75. The van der Waals surface area contributed by atoms with Crippen LogP contribution in [0.25, 0.3) is 10.9 Å². The number of hydrogen-bond acceptors (Lipinski definition) is 3. The Hall–Kier alpha value is -2.40. The van der Waals surface area contributed by atoms with Gasteiger partial charge < -0.3 is 9.88 Å². The number of nitrogens with one attached hydrogen (secondary N) is 1. The first-order valence-corrected chi connectivity index (χ1v) is 7.43. The third-order valence-corrected chi connectivity index (χ3v) is 4.18. The van der Waals surface area contributed by atoms with Gasteiger partial charge in [0.1, 0.15) is 0 Å². The fraction of sp³-hybridized carbons (Fsp3) is 0.125. The highest BCUT2D eigenvalue weighted by atomic mass is 32.1. The summed E-state index contributed by atoms with van der Waals surface area (Å²) in [5.74, 6) is -0.0330. The van der Waals surface area contributed by atoms with Crippen molar-refractivity contribution in [2.45, 2.75) is 6.54 Å². The minimum Gasteiger partial charge on any atom is -0.337 e. The third kappa shape index (κ3) is 2.73. The summed E-state index contributed by atoms with van der Waals surface area (Å²) in [5.41, 5.74) is 1.49. The lowest BCUT2D eigenvalue weighted by Crippen LogP contribution is -2.26. The van der Waals surface area contributed by atoms with Gasteiger partial charge in [-0.2, -0.15) is 0 Å². The highest BCUT2D eigenvalue weighted by Gasteiger charge is 2.14. The second-order valence-electron chi connectivity index (χ2n) is 4.84. The van der Waals surface area contributed by atoms with E-state index in [2.05, 4.69) is 4.98 Å². The summed E-state index contributed by atoms with van der Waals surface area (Å²) in [6, 6.07) is 12.8. The lowest BCUT2D eigenvalue weighted by molar-refractivity contribution is 0.0790. The maximum atomic E-state index is 12.3. The number of rotatable bonds is 3. The molecule has 0 aliphatic heterocycles. The standard InChI is InChI=1S/C16H14N2O2S/c1-18(16(20)14-7-4-8-21-14)10-11-9-15(19)17-13-6-3-2-5-12(11)13/h2-9H,10H2,1H3,(H,17,19). The number of benzene rings is 1. The predicted molar refractivity (Wildman–Crippen MR) is 84.7 cm³/mol. The van der Waals surface area contributed by atoms with Gasteiger partial charge in [0.15, 0.2) is 0 Å². The number of hydrogen-bond donors (Lipinski definition) is 1. The van der Waals surface area contributed by atoms with Crippen LogP contribution in [0.5, 0.6) is 0 Å². The Kier molecular flexibility index (Phi) is 3.58. The van der Waals surface area contributed by atoms with Gasteiger partial charge >= 0.3 is 0 Å². The summed E-state index contributed by atoms with van der Waals surface area (Å²) in [5, 5.41) is 2.84. The number of amides is 1. The monoisotopic (exact) mass is 298 g/mol. The van der Waals surface area contributed by atoms with Crippen LogP contribution in [0, 0.1) is 0 Å². The van der Waals surface area contributed by atoms with E-state index >= 15 is 0 Å². The van der Waals surface area contributed by atoms with Gasteiger partial charge in [-0.1, -0.05) is 24.3 Å². The first-order chi connectivity index (χ1) is 10.1. The highest BCUT2D eigenvalue weighted by molar-refractivity contribution is 7.12. The van der Waals surface area contributed by atoms with Gasteiger partial charge in [0.2, 0.25) is 5.56 Å². The van der Waals surface area contributed by atoms with Crippen molar-refractivity contribution in [2.24, 2.45) is 0 Å². The van der Waals surface area contributed by atoms with Crippen molar-refractivity contribution in [2.75, 3.05) is 7.05 Å². The van der Waals surface area contributed by atoms with Gasteiger partial charge in [0.05, 0.1) is 4.88 Å². The van der Waals surface area contributed by atoms with Crippen LogP contribution in [0.2, 0.25) is 0 Å². The van der Waals surface area contributed by atoms with Crippen LogP contribution >= 0.6 is 11.3 Å². The van der Waals surface area contributed by atoms with Crippen LogP contribution < -0.4 is 5.56 Å². The number of aromatic nitrogens is 1. The number of H-pyrrole nitrogens is 1. The zero-order valence-corrected chi connectivity index (χ0v) is 12.3. The van der Waals surface area contributed by atoms with Crippen molar-refractivity contribution in [3.63, 3.8) is 0 Å². The van der Waals surface area contributed by atoms with Crippen LogP contribution in [0.3, 0.4) is 0 Å². The number of fused-ring (bicyclic) bond motifs is 1. The molecule has 1 aromatic carbocycles. The maximum absolute atomic E-state index is 12.3. The highest BCUT2D eigenvalue weighted by Crippen LogP contribution is 2.18. The van der Waals surface area contributed by atoms with Crippen molar-refractivity contribution < 1.29 is 4.79 Å². The normalized spacial score (nSPS) is 10.7. The minimum atomic E-state index is -0.152. The summed E-state index contributed by atoms with van der Waals surface area (Å²) in [6.07, 6.45) is 0. The SMILES string of the molecule is CN(Cc1cc(=O)[nH]c2ccccc12)C(=O)c1cccs1. The first kappa shape index (κ1) is 13.6. The Bertz CT molecular complexity index is 837. The first-order valence-electron chi connectivity index (χ1n) is 6.55. The summed E-state index contributed by atoms with van der Waals surface area (Å²) in [6.45, 7) is 0.404. The van der Waals surface area contributed by atoms with Gasteiger partial charge in [0, 0.05) is 30.6 Å². The fourth-order valence-electron chi connectivity index (χ4n) is 2.32. The average Bonchev–Trinajstić information content (AvgIpc) is 3.00. The molecule has 0 fully saturated rings. The molecule has 0 radical (unpaired) electrons. The van der Waals surface area contributed by atoms with Crippen molar-refractivity contribution in [3.05, 3.63) is 68.6 Å². The lowest BCUT2D eigenvalue weighted by atomic mass is 10.1. The maximum Gasteiger partial charge on any atom is 0.263 e. The number of thiophene rings is 1. The van der Waals surface area contributed by atoms with Crippen molar-refractivity contribution in [1.29, 1.82) is 0 Å². The number of carbonyl (C=O) groups is 1. The minimum absolute atomic E-state index is 0.0330. The molecule has 0 unspecified atom stereocenters. The van der Waals surface area contributed by atoms with Crippen molar-refractivity contribution in [3.8, 4) is 0 Å². The molecule has 0 spiro atoms. The summed E-state index contributed by atoms with van der Waals surface area (Å²) < 4.78 is 0. The largest absolute Gasteiger partial charge is 0.337 e. The molecule has 3 aromatic rings. The van der Waals surface area contributed by atoms with Crippen LogP contribution in [0.1, 0.15) is 15.2 Å². The zero-order valence-electron chi connectivity index (χ0n) is 11.5. The molecular formula is C16H14N2O2S. The molecule has 5 heteroatoms. The van der Waals surface area contributed by atoms with Crippen LogP contribution in [0.4, 0.5) is 0 Å². The smallest absolute Gasteiger partial charge is 0.263 e. The molecule has 0 bridgehead atoms. The molecule has 3 rings (SSSR count). The quantitative estimate of drug-likeness (QED) is 0.808. The molecule has 2 heterocycles.